The van der Waals surface area contributed by atoms with Gasteiger partial charge in [0.2, 0.25) is 11.9 Å². The Morgan fingerprint density at radius 1 is 1.33 bits per heavy atom. The summed E-state index contributed by atoms with van der Waals surface area (Å²) in [6, 6.07) is 9.47. The van der Waals surface area contributed by atoms with Gasteiger partial charge in [-0.2, -0.15) is 10.3 Å². The van der Waals surface area contributed by atoms with Crippen molar-refractivity contribution >= 4 is 18.0 Å². The maximum atomic E-state index is 13.2. The first-order valence-corrected chi connectivity index (χ1v) is 9.31. The third-order valence-corrected chi connectivity index (χ3v) is 5.13. The minimum absolute atomic E-state index is 0.144. The van der Waals surface area contributed by atoms with Crippen molar-refractivity contribution in [1.82, 2.24) is 14.7 Å². The zero-order valence-electron chi connectivity index (χ0n) is 15.4. The number of carbonyl (C=O) groups is 1. The van der Waals surface area contributed by atoms with Gasteiger partial charge in [0.15, 0.2) is 0 Å². The highest BCUT2D eigenvalue weighted by Crippen LogP contribution is 2.23. The van der Waals surface area contributed by atoms with Crippen molar-refractivity contribution in [2.45, 2.75) is 26.3 Å². The molecule has 0 bridgehead atoms. The van der Waals surface area contributed by atoms with Crippen LogP contribution in [0.1, 0.15) is 30.9 Å². The van der Waals surface area contributed by atoms with Gasteiger partial charge in [0.1, 0.15) is 0 Å². The summed E-state index contributed by atoms with van der Waals surface area (Å²) in [6.07, 6.45) is 5.80. The average Bonchev–Trinajstić information content (AvgIpc) is 2.70. The van der Waals surface area contributed by atoms with Crippen LogP contribution in [0.2, 0.25) is 0 Å². The molecule has 7 nitrogen and oxygen atoms in total. The Morgan fingerprint density at radius 3 is 3.00 bits per heavy atom. The molecule has 2 amide bonds. The van der Waals surface area contributed by atoms with Crippen LogP contribution in [0, 0.1) is 17.2 Å². The van der Waals surface area contributed by atoms with Crippen LogP contribution in [0.4, 0.5) is 4.79 Å². The molecule has 1 saturated heterocycles. The van der Waals surface area contributed by atoms with Gasteiger partial charge in [-0.15, -0.1) is 0 Å². The Labute approximate surface area is 158 Å². The number of likely N-dealkylation sites (tertiary alicyclic amines) is 1. The summed E-state index contributed by atoms with van der Waals surface area (Å²) in [5.41, 5.74) is 1.40. The van der Waals surface area contributed by atoms with E-state index >= 15 is 0 Å². The Morgan fingerprint density at radius 2 is 2.19 bits per heavy atom. The largest absolute Gasteiger partial charge is 0.342 e. The van der Waals surface area contributed by atoms with Crippen molar-refractivity contribution < 1.29 is 4.79 Å². The van der Waals surface area contributed by atoms with Crippen LogP contribution in [0.3, 0.4) is 0 Å². The quantitative estimate of drug-likeness (QED) is 0.812. The molecule has 0 aliphatic carbocycles. The lowest BCUT2D eigenvalue weighted by atomic mass is 10.0. The molecular weight excluding hydrogens is 340 g/mol. The molecule has 0 N–H and O–H groups in total. The van der Waals surface area contributed by atoms with E-state index in [1.807, 2.05) is 24.3 Å². The zero-order valence-corrected chi connectivity index (χ0v) is 15.4. The third-order valence-electron chi connectivity index (χ3n) is 5.13. The van der Waals surface area contributed by atoms with Crippen LogP contribution in [0.25, 0.3) is 0 Å². The Balaban J connectivity index is 1.72. The minimum Gasteiger partial charge on any atom is -0.342 e. The van der Waals surface area contributed by atoms with Gasteiger partial charge in [0, 0.05) is 19.3 Å². The molecular formula is C20H22N6O. The molecule has 27 heavy (non-hydrogen) atoms. The number of benzene rings is 1. The number of aliphatic imine (C=N–C) groups is 2. The molecule has 1 atom stereocenters. The van der Waals surface area contributed by atoms with Crippen LogP contribution >= 0.6 is 0 Å². The summed E-state index contributed by atoms with van der Waals surface area (Å²) in [5, 5.41) is 9.42. The van der Waals surface area contributed by atoms with E-state index in [9.17, 15) is 10.1 Å². The summed E-state index contributed by atoms with van der Waals surface area (Å²) in [4.78, 5) is 27.7. The SMILES string of the molecule is C[C@@H]1CCCN(C2=NC3=NC=CCN3C(=O)N2Cc2ccccc2C#N)C1. The average molecular weight is 362 g/mol. The third kappa shape index (κ3) is 3.31. The number of nitriles is 1. The van der Waals surface area contributed by atoms with Crippen molar-refractivity contribution in [3.8, 4) is 6.07 Å². The first kappa shape index (κ1) is 17.3. The fourth-order valence-corrected chi connectivity index (χ4v) is 3.75. The molecule has 1 aromatic rings. The maximum Gasteiger partial charge on any atom is 0.334 e. The molecule has 1 fully saturated rings. The number of guanidine groups is 2. The van der Waals surface area contributed by atoms with Gasteiger partial charge in [0.05, 0.1) is 24.7 Å². The second-order valence-electron chi connectivity index (χ2n) is 7.17. The minimum atomic E-state index is -0.144. The lowest BCUT2D eigenvalue weighted by molar-refractivity contribution is 0.181. The fraction of sp³-hybridized carbons (Fsp3) is 0.400. The molecule has 138 valence electrons. The van der Waals surface area contributed by atoms with Crippen molar-refractivity contribution in [2.75, 3.05) is 19.6 Å². The summed E-state index contributed by atoms with van der Waals surface area (Å²) in [7, 11) is 0. The second kappa shape index (κ2) is 7.23. The van der Waals surface area contributed by atoms with Gasteiger partial charge in [-0.3, -0.25) is 9.80 Å². The van der Waals surface area contributed by atoms with Crippen molar-refractivity contribution in [1.29, 1.82) is 5.26 Å². The number of hydrogen-bond acceptors (Lipinski definition) is 5. The molecule has 3 heterocycles. The summed E-state index contributed by atoms with van der Waals surface area (Å²) >= 11 is 0. The van der Waals surface area contributed by atoms with Gasteiger partial charge < -0.3 is 4.90 Å². The molecule has 3 aliphatic rings. The molecule has 0 saturated carbocycles. The summed E-state index contributed by atoms with van der Waals surface area (Å²) < 4.78 is 0. The van der Waals surface area contributed by atoms with E-state index in [0.29, 0.717) is 36.5 Å². The van der Waals surface area contributed by atoms with Crippen LogP contribution in [0.5, 0.6) is 0 Å². The van der Waals surface area contributed by atoms with E-state index in [-0.39, 0.29) is 6.03 Å². The normalized spacial score (nSPS) is 22.1. The first-order chi connectivity index (χ1) is 13.2. The van der Waals surface area contributed by atoms with Crippen molar-refractivity contribution in [3.05, 3.63) is 47.7 Å². The van der Waals surface area contributed by atoms with Gasteiger partial charge in [-0.25, -0.2) is 9.79 Å². The Kier molecular flexibility index (Phi) is 4.63. The molecule has 0 unspecified atom stereocenters. The van der Waals surface area contributed by atoms with Crippen LogP contribution in [-0.2, 0) is 6.54 Å². The zero-order chi connectivity index (χ0) is 18.8. The molecule has 7 heteroatoms. The summed E-state index contributed by atoms with van der Waals surface area (Å²) in [6.45, 7) is 4.74. The van der Waals surface area contributed by atoms with E-state index in [4.69, 9.17) is 4.99 Å². The Bertz CT molecular complexity index is 881. The number of piperidine rings is 1. The predicted octanol–water partition coefficient (Wildman–Crippen LogP) is 2.77. The monoisotopic (exact) mass is 362 g/mol. The van der Waals surface area contributed by atoms with Crippen molar-refractivity contribution in [2.24, 2.45) is 15.9 Å². The highest BCUT2D eigenvalue weighted by atomic mass is 16.2. The Hall–Kier alpha value is -3.14. The van der Waals surface area contributed by atoms with Crippen LogP contribution < -0.4 is 0 Å². The number of hydrogen-bond donors (Lipinski definition) is 0. The van der Waals surface area contributed by atoms with E-state index in [1.165, 1.54) is 6.42 Å². The fourth-order valence-electron chi connectivity index (χ4n) is 3.75. The standard InChI is InChI=1S/C20H22N6O/c1-15-6-4-10-24(13-15)19-23-18-22-9-5-11-25(18)20(27)26(19)14-17-8-3-2-7-16(17)12-21/h2-3,5,7-9,15H,4,6,10-11,13-14H2,1H3/t15-/m1/s1. The van der Waals surface area contributed by atoms with Crippen LogP contribution in [0.15, 0.2) is 46.5 Å². The first-order valence-electron chi connectivity index (χ1n) is 9.31. The van der Waals surface area contributed by atoms with E-state index in [0.717, 1.165) is 25.1 Å². The number of urea groups is 1. The molecule has 0 radical (unpaired) electrons. The number of carbonyl (C=O) groups excluding carboxylic acids is 1. The highest BCUT2D eigenvalue weighted by molar-refractivity contribution is 6.13. The van der Waals surface area contributed by atoms with E-state index in [1.54, 1.807) is 22.1 Å². The summed E-state index contributed by atoms with van der Waals surface area (Å²) in [5.74, 6) is 1.64. The molecule has 0 spiro atoms. The van der Waals surface area contributed by atoms with Crippen molar-refractivity contribution in [3.63, 3.8) is 0 Å². The smallest absolute Gasteiger partial charge is 0.334 e. The van der Waals surface area contributed by atoms with E-state index < -0.39 is 0 Å². The van der Waals surface area contributed by atoms with Gasteiger partial charge >= 0.3 is 6.03 Å². The van der Waals surface area contributed by atoms with Gasteiger partial charge in [0.25, 0.3) is 0 Å². The van der Waals surface area contributed by atoms with Gasteiger partial charge in [-0.1, -0.05) is 25.1 Å². The van der Waals surface area contributed by atoms with Gasteiger partial charge in [-0.05, 0) is 36.5 Å². The number of nitrogens with zero attached hydrogens (tertiary/aromatic N) is 6. The topological polar surface area (TPSA) is 75.3 Å². The lowest BCUT2D eigenvalue weighted by Crippen LogP contribution is -2.59. The highest BCUT2D eigenvalue weighted by Gasteiger charge is 2.37. The molecule has 0 aromatic heterocycles. The number of fused-ring (bicyclic) bond motifs is 1. The van der Waals surface area contributed by atoms with E-state index in [2.05, 4.69) is 22.9 Å². The maximum absolute atomic E-state index is 13.2. The second-order valence-corrected chi connectivity index (χ2v) is 7.17. The number of amides is 2. The molecule has 3 aliphatic heterocycles. The molecule has 1 aromatic carbocycles. The predicted molar refractivity (Wildman–Crippen MR) is 103 cm³/mol. The lowest BCUT2D eigenvalue weighted by Gasteiger charge is -2.42. The van der Waals surface area contributed by atoms with Crippen LogP contribution in [-0.4, -0.2) is 52.3 Å². The molecule has 4 rings (SSSR count). The number of rotatable bonds is 2.